The first-order valence-corrected chi connectivity index (χ1v) is 3.89. The third-order valence-corrected chi connectivity index (χ3v) is 2.35. The van der Waals surface area contributed by atoms with Gasteiger partial charge in [-0.2, -0.15) is 3.21 Å². The number of hydrogen-bond donors (Lipinski definition) is 1. The highest BCUT2D eigenvalue weighted by Crippen LogP contribution is 2.09. The molecule has 0 atom stereocenters. The fourth-order valence-electron chi connectivity index (χ4n) is 0.371. The van der Waals surface area contributed by atoms with Crippen molar-refractivity contribution in [3.8, 4) is 0 Å². The first kappa shape index (κ1) is 6.34. The van der Waals surface area contributed by atoms with Crippen molar-refractivity contribution in [3.63, 3.8) is 0 Å². The lowest BCUT2D eigenvalue weighted by atomic mass is 10.7. The first-order valence-electron chi connectivity index (χ1n) is 1.94. The number of halogens is 1. The molecule has 1 aliphatic rings. The van der Waals surface area contributed by atoms with E-state index in [2.05, 4.69) is 8.52 Å². The minimum atomic E-state index is 0.0467. The summed E-state index contributed by atoms with van der Waals surface area (Å²) in [4.78, 5) is 10.4. The number of amides is 1. The minimum Gasteiger partial charge on any atom is -0.304 e. The van der Waals surface area contributed by atoms with Crippen molar-refractivity contribution in [2.75, 3.05) is 5.75 Å². The van der Waals surface area contributed by atoms with Crippen molar-refractivity contribution in [1.82, 2.24) is 5.32 Å². The Morgan fingerprint density at radius 3 is 2.88 bits per heavy atom. The molecule has 1 saturated heterocycles. The smallest absolute Gasteiger partial charge is 0.236 e. The van der Waals surface area contributed by atoms with Crippen LogP contribution in [0.5, 0.6) is 0 Å². The predicted molar refractivity (Wildman–Crippen MR) is 42.1 cm³/mol. The standard InChI is InChI=1S/C3H3IN2OS/c4-6-3-5-2(7)1-8-3/h1H2,(H,5,6,7). The molecule has 3 nitrogen and oxygen atoms in total. The molecule has 1 rings (SSSR count). The van der Waals surface area contributed by atoms with Gasteiger partial charge in [0.25, 0.3) is 0 Å². The van der Waals surface area contributed by atoms with E-state index < -0.39 is 0 Å². The largest absolute Gasteiger partial charge is 0.304 e. The molecule has 44 valence electrons. The van der Waals surface area contributed by atoms with E-state index >= 15 is 0 Å². The van der Waals surface area contributed by atoms with Gasteiger partial charge in [0.05, 0.1) is 28.6 Å². The Labute approximate surface area is 64.8 Å². The number of nitrogens with zero attached hydrogens (tertiary/aromatic N) is 1. The fraction of sp³-hybridized carbons (Fsp3) is 0.333. The Kier molecular flexibility index (Phi) is 2.12. The van der Waals surface area contributed by atoms with Gasteiger partial charge in [0.15, 0.2) is 5.17 Å². The van der Waals surface area contributed by atoms with Crippen LogP contribution in [0.1, 0.15) is 0 Å². The molecule has 1 N–H and O–H groups in total. The topological polar surface area (TPSA) is 41.5 Å². The Balaban J connectivity index is 2.56. The van der Waals surface area contributed by atoms with E-state index in [9.17, 15) is 4.79 Å². The van der Waals surface area contributed by atoms with Gasteiger partial charge in [0.2, 0.25) is 5.91 Å². The molecule has 0 aliphatic carbocycles. The van der Waals surface area contributed by atoms with E-state index in [0.717, 1.165) is 5.17 Å². The fourth-order valence-corrected chi connectivity index (χ4v) is 1.48. The van der Waals surface area contributed by atoms with Crippen LogP contribution in [0, 0.1) is 0 Å². The molecular formula is C3H3IN2OS. The summed E-state index contributed by atoms with van der Waals surface area (Å²) < 4.78 is 3.76. The highest BCUT2D eigenvalue weighted by molar-refractivity contribution is 14.1. The number of hydrogen-bond acceptors (Lipinski definition) is 3. The zero-order valence-electron chi connectivity index (χ0n) is 3.85. The van der Waals surface area contributed by atoms with Crippen LogP contribution in [0.3, 0.4) is 0 Å². The van der Waals surface area contributed by atoms with E-state index in [1.165, 1.54) is 11.8 Å². The normalized spacial score (nSPS) is 24.1. The van der Waals surface area contributed by atoms with Gasteiger partial charge >= 0.3 is 0 Å². The summed E-state index contributed by atoms with van der Waals surface area (Å²) in [5.41, 5.74) is 0. The summed E-state index contributed by atoms with van der Waals surface area (Å²) in [6.45, 7) is 0. The summed E-state index contributed by atoms with van der Waals surface area (Å²) in [7, 11) is 0. The zero-order chi connectivity index (χ0) is 5.98. The van der Waals surface area contributed by atoms with Crippen molar-refractivity contribution in [3.05, 3.63) is 0 Å². The molecule has 0 radical (unpaired) electrons. The molecular weight excluding hydrogens is 239 g/mol. The van der Waals surface area contributed by atoms with Crippen LogP contribution >= 0.6 is 34.6 Å². The molecule has 5 heteroatoms. The maximum Gasteiger partial charge on any atom is 0.236 e. The molecule has 0 spiro atoms. The van der Waals surface area contributed by atoms with Crippen molar-refractivity contribution in [2.24, 2.45) is 3.21 Å². The molecule has 0 aromatic heterocycles. The molecule has 0 bridgehead atoms. The Bertz CT molecular complexity index is 146. The van der Waals surface area contributed by atoms with Crippen LogP contribution in [0.15, 0.2) is 3.21 Å². The summed E-state index contributed by atoms with van der Waals surface area (Å²) in [6.07, 6.45) is 0. The molecule has 0 aromatic rings. The van der Waals surface area contributed by atoms with Crippen molar-refractivity contribution in [2.45, 2.75) is 0 Å². The highest BCUT2D eigenvalue weighted by atomic mass is 127. The minimum absolute atomic E-state index is 0.0467. The highest BCUT2D eigenvalue weighted by Gasteiger charge is 2.14. The molecule has 0 saturated carbocycles. The van der Waals surface area contributed by atoms with Crippen LogP contribution in [0.4, 0.5) is 0 Å². The number of carbonyl (C=O) groups is 1. The predicted octanol–water partition coefficient (Wildman–Crippen LogP) is 0.555. The van der Waals surface area contributed by atoms with Gasteiger partial charge in [-0.05, 0) is 0 Å². The van der Waals surface area contributed by atoms with Gasteiger partial charge in [-0.3, -0.25) is 4.79 Å². The number of carbonyl (C=O) groups excluding carboxylic acids is 1. The maximum atomic E-state index is 10.4. The van der Waals surface area contributed by atoms with Crippen LogP contribution in [-0.4, -0.2) is 16.8 Å². The van der Waals surface area contributed by atoms with Crippen molar-refractivity contribution >= 4 is 45.7 Å². The van der Waals surface area contributed by atoms with E-state index in [4.69, 9.17) is 0 Å². The van der Waals surface area contributed by atoms with Gasteiger partial charge in [0, 0.05) is 0 Å². The average Bonchev–Trinajstić information content (AvgIpc) is 2.14. The molecule has 8 heavy (non-hydrogen) atoms. The molecule has 0 unspecified atom stereocenters. The third kappa shape index (κ3) is 1.35. The van der Waals surface area contributed by atoms with E-state index in [-0.39, 0.29) is 5.91 Å². The van der Waals surface area contributed by atoms with Crippen molar-refractivity contribution in [1.29, 1.82) is 0 Å². The average molecular weight is 242 g/mol. The van der Waals surface area contributed by atoms with E-state index in [1.807, 2.05) is 22.9 Å². The van der Waals surface area contributed by atoms with Gasteiger partial charge in [0.1, 0.15) is 0 Å². The number of thioether (sulfide) groups is 1. The number of rotatable bonds is 0. The second kappa shape index (κ2) is 2.67. The van der Waals surface area contributed by atoms with Crippen LogP contribution in [0.25, 0.3) is 0 Å². The van der Waals surface area contributed by atoms with Crippen LogP contribution < -0.4 is 5.32 Å². The number of amidine groups is 1. The van der Waals surface area contributed by atoms with Gasteiger partial charge < -0.3 is 5.32 Å². The summed E-state index contributed by atoms with van der Waals surface area (Å²) >= 11 is 3.28. The van der Waals surface area contributed by atoms with E-state index in [1.54, 1.807) is 0 Å². The Morgan fingerprint density at radius 1 is 1.88 bits per heavy atom. The Morgan fingerprint density at radius 2 is 2.62 bits per heavy atom. The summed E-state index contributed by atoms with van der Waals surface area (Å²) in [5.74, 6) is 0.562. The lowest BCUT2D eigenvalue weighted by Gasteiger charge is -1.85. The number of nitrogens with one attached hydrogen (secondary N) is 1. The molecule has 1 amide bonds. The molecule has 1 heterocycles. The molecule has 1 aliphatic heterocycles. The van der Waals surface area contributed by atoms with Gasteiger partial charge in [-0.25, -0.2) is 0 Å². The second-order valence-corrected chi connectivity index (χ2v) is 2.67. The van der Waals surface area contributed by atoms with E-state index in [0.29, 0.717) is 5.75 Å². The summed E-state index contributed by atoms with van der Waals surface area (Å²) in [6, 6.07) is 0. The SMILES string of the molecule is O=C1CSC(=NI)N1. The third-order valence-electron chi connectivity index (χ3n) is 0.663. The monoisotopic (exact) mass is 242 g/mol. The van der Waals surface area contributed by atoms with Crippen molar-refractivity contribution < 1.29 is 4.79 Å². The van der Waals surface area contributed by atoms with Gasteiger partial charge in [-0.1, -0.05) is 11.8 Å². The molecule has 0 aromatic carbocycles. The Hall–Kier alpha value is 0.220. The molecule has 1 fully saturated rings. The second-order valence-electron chi connectivity index (χ2n) is 1.23. The van der Waals surface area contributed by atoms with Crippen LogP contribution in [0.2, 0.25) is 0 Å². The maximum absolute atomic E-state index is 10.4. The first-order chi connectivity index (χ1) is 3.83. The van der Waals surface area contributed by atoms with Crippen LogP contribution in [-0.2, 0) is 4.79 Å². The lowest BCUT2D eigenvalue weighted by Crippen LogP contribution is -2.19. The zero-order valence-corrected chi connectivity index (χ0v) is 6.82. The lowest BCUT2D eigenvalue weighted by molar-refractivity contribution is -0.116. The van der Waals surface area contributed by atoms with Gasteiger partial charge in [-0.15, -0.1) is 0 Å². The quantitative estimate of drug-likeness (QED) is 0.630. The summed E-state index contributed by atoms with van der Waals surface area (Å²) in [5, 5.41) is 3.29.